The van der Waals surface area contributed by atoms with Crippen molar-refractivity contribution in [2.45, 2.75) is 57.8 Å². The van der Waals surface area contributed by atoms with Crippen LogP contribution in [-0.4, -0.2) is 19.9 Å². The van der Waals surface area contributed by atoms with Gasteiger partial charge in [-0.2, -0.15) is 0 Å². The van der Waals surface area contributed by atoms with Gasteiger partial charge in [0.05, 0.1) is 27.9 Å². The first-order valence-electron chi connectivity index (χ1n) is 51.2. The molecule has 0 bridgehead atoms. The van der Waals surface area contributed by atoms with E-state index in [2.05, 4.69) is 502 Å². The van der Waals surface area contributed by atoms with Crippen LogP contribution in [-0.2, 0) is 16.2 Å². The Bertz CT molecular complexity index is 10200. The van der Waals surface area contributed by atoms with Crippen LogP contribution in [0, 0.1) is 0 Å². The molecule has 4 heterocycles. The summed E-state index contributed by atoms with van der Waals surface area (Å²) in [7, 11) is 0. The lowest BCUT2D eigenvalue weighted by Gasteiger charge is -2.23. The zero-order valence-electron chi connectivity index (χ0n) is 82.5. The summed E-state index contributed by atoms with van der Waals surface area (Å²) in [5.74, 6) is 0. The second-order valence-corrected chi connectivity index (χ2v) is 41.7. The highest BCUT2D eigenvalue weighted by Crippen LogP contribution is 2.58. The van der Waals surface area contributed by atoms with E-state index in [0.29, 0.717) is 0 Å². The zero-order chi connectivity index (χ0) is 98.1. The third-order valence-electron chi connectivity index (χ3n) is 32.4. The smallest absolute Gasteiger partial charge is 0.0972 e. The molecular weight excluding hydrogens is 1770 g/mol. The van der Waals surface area contributed by atoms with Crippen molar-refractivity contribution in [3.05, 3.63) is 519 Å². The van der Waals surface area contributed by atoms with Gasteiger partial charge in [0.1, 0.15) is 0 Å². The van der Waals surface area contributed by atoms with E-state index in [0.717, 1.165) is 55.2 Å². The molecule has 4 aromatic heterocycles. The predicted molar refractivity (Wildman–Crippen MR) is 622 cm³/mol. The van der Waals surface area contributed by atoms with Gasteiger partial charge < -0.3 is 0 Å². The lowest BCUT2D eigenvalue weighted by Crippen LogP contribution is -2.14. The normalized spacial score (nSPS) is 13.3. The third-order valence-corrected chi connectivity index (χ3v) is 32.4. The second kappa shape index (κ2) is 34.0. The lowest BCUT2D eigenvalue weighted by molar-refractivity contribution is 0.660. The molecule has 3 aliphatic carbocycles. The Kier molecular flexibility index (Phi) is 20.0. The van der Waals surface area contributed by atoms with Gasteiger partial charge in [0.2, 0.25) is 0 Å². The molecule has 0 spiro atoms. The molecule has 0 fully saturated rings. The highest BCUT2D eigenvalue weighted by Gasteiger charge is 2.40. The number of aromatic nitrogens is 4. The molecule has 690 valence electrons. The topological polar surface area (TPSA) is 51.6 Å². The number of pyridine rings is 4. The van der Waals surface area contributed by atoms with E-state index in [1.54, 1.807) is 0 Å². The van der Waals surface area contributed by atoms with Crippen LogP contribution in [0.25, 0.3) is 263 Å². The van der Waals surface area contributed by atoms with E-state index >= 15 is 0 Å². The number of benzene rings is 23. The van der Waals surface area contributed by atoms with Crippen molar-refractivity contribution >= 4 is 130 Å². The van der Waals surface area contributed by atoms with E-state index in [1.807, 2.05) is 30.7 Å². The summed E-state index contributed by atoms with van der Waals surface area (Å²) < 4.78 is 0. The standard InChI is InChI=1S/C51H34N2.C48H33N.C44H31N/c1-51(2)44-16-8-7-13-38(44)39-24-22-37(30-45(39)51)47-40-14-5-6-15-41(40)48(46-26-23-33-19-18-32-12-9-27-52-49(32)50(33)53-46)42-25-21-36(29-43(42)47)35-20-17-31-10-3-4-11-34(31)28-35;1-48(2)42-17-9-8-14-36(42)37-24-22-35(29-43(37)48)46-38-15-6-7-16-39(38)47(45-26-23-31-12-5-10-18-44(31)49-45)40-25-21-34(28-41(40)46)33-20-19-30-11-3-4-13-32(30)27-33;1-44(2)40-16-8-7-13-34(40)35-21-20-32(26-41(35)44)42-36-14-5-6-15-37(36)43(33-12-9-23-45-27-33)38-22-19-31(25-39(38)42)30-18-17-28-10-3-4-11-29(28)24-30/h3-30H,1-2H3;3-29H,1-2H3;3-27H,1-2H3. The SMILES string of the molecule is CC1(C)c2ccccc2-c2ccc(-c3c4ccccc4c(-c4ccc5ccc6cccnc6c5n4)c4ccc(-c5ccc6ccccc6c5)cc34)cc21.CC1(C)c2ccccc2-c2ccc(-c3c4ccccc4c(-c4ccc5ccccc5n4)c4ccc(-c5ccc6ccccc6c5)cc34)cc21.CC1(C)c2ccccc2-c2ccc(-c3c4ccccc4c(-c4cccnc4)c4ccc(-c5ccc6ccccc6c5)cc34)cc21. The minimum atomic E-state index is -0.102. The Morgan fingerprint density at radius 2 is 0.449 bits per heavy atom. The minimum absolute atomic E-state index is 0.0700. The van der Waals surface area contributed by atoms with Crippen molar-refractivity contribution in [3.63, 3.8) is 0 Å². The van der Waals surface area contributed by atoms with Crippen LogP contribution in [0.15, 0.2) is 486 Å². The summed E-state index contributed by atoms with van der Waals surface area (Å²) >= 11 is 0. The summed E-state index contributed by atoms with van der Waals surface area (Å²) in [5.41, 5.74) is 40.4. The van der Waals surface area contributed by atoms with Crippen molar-refractivity contribution in [1.82, 2.24) is 19.9 Å². The first-order chi connectivity index (χ1) is 72.1. The number of hydrogen-bond acceptors (Lipinski definition) is 4. The summed E-state index contributed by atoms with van der Waals surface area (Å²) in [6.45, 7) is 14.2. The second-order valence-electron chi connectivity index (χ2n) is 41.7. The van der Waals surface area contributed by atoms with Crippen molar-refractivity contribution in [2.75, 3.05) is 0 Å². The van der Waals surface area contributed by atoms with E-state index in [1.165, 1.54) is 242 Å². The Balaban J connectivity index is 0.000000107. The molecule has 23 aromatic carbocycles. The fraction of sp³-hybridized carbons (Fsp3) is 0.0629. The van der Waals surface area contributed by atoms with Crippen LogP contribution in [0.2, 0.25) is 0 Å². The Morgan fingerprint density at radius 1 is 0.163 bits per heavy atom. The lowest BCUT2D eigenvalue weighted by atomic mass is 9.80. The number of para-hydroxylation sites is 1. The quantitative estimate of drug-likeness (QED) is 0.107. The van der Waals surface area contributed by atoms with E-state index < -0.39 is 0 Å². The van der Waals surface area contributed by atoms with Crippen LogP contribution in [0.3, 0.4) is 0 Å². The Hall–Kier alpha value is -18.2. The maximum absolute atomic E-state index is 5.42. The molecule has 0 saturated carbocycles. The molecule has 147 heavy (non-hydrogen) atoms. The largest absolute Gasteiger partial charge is 0.264 e. The fourth-order valence-electron chi connectivity index (χ4n) is 25.1. The molecule has 4 heteroatoms. The van der Waals surface area contributed by atoms with Gasteiger partial charge >= 0.3 is 0 Å². The molecule has 0 N–H and O–H groups in total. The van der Waals surface area contributed by atoms with Gasteiger partial charge in [0.15, 0.2) is 0 Å². The number of fused-ring (bicyclic) bond motifs is 22. The molecule has 30 rings (SSSR count). The summed E-state index contributed by atoms with van der Waals surface area (Å²) in [4.78, 5) is 20.0. The van der Waals surface area contributed by atoms with Crippen LogP contribution in [0.5, 0.6) is 0 Å². The zero-order valence-corrected chi connectivity index (χ0v) is 82.5. The van der Waals surface area contributed by atoms with Gasteiger partial charge in [-0.15, -0.1) is 0 Å². The highest BCUT2D eigenvalue weighted by atomic mass is 14.8. The van der Waals surface area contributed by atoms with Gasteiger partial charge in [0, 0.05) is 67.7 Å². The summed E-state index contributed by atoms with van der Waals surface area (Å²) in [6, 6.07) is 172. The third kappa shape index (κ3) is 14.1. The van der Waals surface area contributed by atoms with E-state index in [9.17, 15) is 0 Å². The summed E-state index contributed by atoms with van der Waals surface area (Å²) in [5, 5.41) is 25.6. The number of rotatable bonds is 9. The van der Waals surface area contributed by atoms with Crippen LogP contribution < -0.4 is 0 Å². The first-order valence-corrected chi connectivity index (χ1v) is 51.2. The van der Waals surface area contributed by atoms with Crippen molar-refractivity contribution in [3.8, 4) is 134 Å². The van der Waals surface area contributed by atoms with Crippen LogP contribution in [0.4, 0.5) is 0 Å². The molecule has 3 aliphatic rings. The van der Waals surface area contributed by atoms with Crippen molar-refractivity contribution in [1.29, 1.82) is 0 Å². The van der Waals surface area contributed by atoms with Gasteiger partial charge in [-0.1, -0.05) is 424 Å². The Morgan fingerprint density at radius 3 is 0.864 bits per heavy atom. The van der Waals surface area contributed by atoms with Crippen molar-refractivity contribution < 1.29 is 0 Å². The number of hydrogen-bond donors (Lipinski definition) is 0. The van der Waals surface area contributed by atoms with E-state index in [4.69, 9.17) is 15.0 Å². The first kappa shape index (κ1) is 86.6. The summed E-state index contributed by atoms with van der Waals surface area (Å²) in [6.07, 6.45) is 5.71. The molecule has 4 nitrogen and oxygen atoms in total. The Labute approximate surface area is 854 Å². The average molecular weight is 1870 g/mol. The average Bonchev–Trinajstić information content (AvgIpc) is 1.69. The van der Waals surface area contributed by atoms with E-state index in [-0.39, 0.29) is 16.2 Å². The molecule has 0 atom stereocenters. The highest BCUT2D eigenvalue weighted by molar-refractivity contribution is 6.26. The van der Waals surface area contributed by atoms with Gasteiger partial charge in [-0.3, -0.25) is 9.97 Å². The molecule has 0 unspecified atom stereocenters. The van der Waals surface area contributed by atoms with Gasteiger partial charge in [-0.05, 0) is 321 Å². The molecular formula is C143H98N4. The van der Waals surface area contributed by atoms with Gasteiger partial charge in [0.25, 0.3) is 0 Å². The van der Waals surface area contributed by atoms with Crippen molar-refractivity contribution in [2.24, 2.45) is 0 Å². The number of nitrogens with zero attached hydrogens (tertiary/aromatic N) is 4. The molecule has 0 saturated heterocycles. The van der Waals surface area contributed by atoms with Crippen LogP contribution >= 0.6 is 0 Å². The molecule has 0 radical (unpaired) electrons. The molecule has 0 amide bonds. The maximum atomic E-state index is 5.42. The molecule has 0 aliphatic heterocycles. The monoisotopic (exact) mass is 1870 g/mol. The fourth-order valence-corrected chi connectivity index (χ4v) is 25.1. The maximum Gasteiger partial charge on any atom is 0.0972 e. The molecule has 27 aromatic rings. The predicted octanol–water partition coefficient (Wildman–Crippen LogP) is 38.4. The minimum Gasteiger partial charge on any atom is -0.264 e. The van der Waals surface area contributed by atoms with Crippen LogP contribution in [0.1, 0.15) is 74.9 Å². The van der Waals surface area contributed by atoms with Gasteiger partial charge in [-0.25, -0.2) is 9.97 Å².